The average molecular weight is 542 g/mol. The number of carbonyl (C=O) groups excluding carboxylic acids is 3. The number of aliphatic hydroxyl groups is 1. The van der Waals surface area contributed by atoms with E-state index in [9.17, 15) is 19.5 Å². The number of nitrogens with one attached hydrogen (secondary N) is 1. The average Bonchev–Trinajstić information content (AvgIpc) is 3.60. The first-order chi connectivity index (χ1) is 18.3. The number of nitrogens with two attached hydrogens (primary N) is 2. The number of hydrogen-bond donors (Lipinski definition) is 4. The van der Waals surface area contributed by atoms with Crippen LogP contribution in [0.3, 0.4) is 0 Å². The van der Waals surface area contributed by atoms with Crippen molar-refractivity contribution in [1.82, 2.24) is 20.1 Å². The van der Waals surface area contributed by atoms with Crippen LogP contribution in [0.5, 0.6) is 0 Å². The molecule has 11 nitrogen and oxygen atoms in total. The van der Waals surface area contributed by atoms with Gasteiger partial charge in [-0.2, -0.15) is 0 Å². The Morgan fingerprint density at radius 2 is 2.03 bits per heavy atom. The highest BCUT2D eigenvalue weighted by atomic mass is 32.1. The minimum Gasteiger partial charge on any atom is -0.384 e. The molecule has 2 aliphatic heterocycles. The SMILES string of the molecule is NC(N)=NCCCC(NC(=O)C1CC[C@H]2CN(C(=O)CCc3ccccc3)CC(=O)N12)C(O)c1nccs1. The second-order valence-electron chi connectivity index (χ2n) is 9.69. The van der Waals surface area contributed by atoms with Gasteiger partial charge in [0.15, 0.2) is 5.96 Å². The van der Waals surface area contributed by atoms with E-state index in [1.807, 2.05) is 30.3 Å². The van der Waals surface area contributed by atoms with Crippen LogP contribution in [0.25, 0.3) is 0 Å². The number of piperazine rings is 1. The number of thiazole rings is 1. The highest BCUT2D eigenvalue weighted by molar-refractivity contribution is 7.09. The third-order valence-corrected chi connectivity index (χ3v) is 7.90. The number of rotatable bonds is 11. The molecular formula is C26H35N7O4S. The number of guanidine groups is 1. The molecule has 4 atom stereocenters. The summed E-state index contributed by atoms with van der Waals surface area (Å²) in [4.78, 5) is 50.7. The number of fused-ring (bicyclic) bond motifs is 1. The van der Waals surface area contributed by atoms with Gasteiger partial charge < -0.3 is 31.7 Å². The molecule has 3 unspecified atom stereocenters. The maximum absolute atomic E-state index is 13.4. The number of hydrogen-bond acceptors (Lipinski definition) is 7. The smallest absolute Gasteiger partial charge is 0.243 e. The molecule has 1 aromatic heterocycles. The van der Waals surface area contributed by atoms with Crippen molar-refractivity contribution >= 4 is 35.0 Å². The Hall–Kier alpha value is -3.51. The predicted octanol–water partition coefficient (Wildman–Crippen LogP) is 0.550. The molecule has 6 N–H and O–H groups in total. The molecule has 0 saturated carbocycles. The fourth-order valence-corrected chi connectivity index (χ4v) is 5.85. The molecule has 2 aliphatic rings. The summed E-state index contributed by atoms with van der Waals surface area (Å²) in [5.74, 6) is -0.606. The Balaban J connectivity index is 1.35. The van der Waals surface area contributed by atoms with Crippen LogP contribution in [0.1, 0.15) is 48.8 Å². The highest BCUT2D eigenvalue weighted by Gasteiger charge is 2.46. The molecule has 2 fully saturated rings. The van der Waals surface area contributed by atoms with Gasteiger partial charge in [0, 0.05) is 31.1 Å². The minimum absolute atomic E-state index is 0.0146. The number of benzene rings is 1. The van der Waals surface area contributed by atoms with Crippen LogP contribution in [-0.4, -0.2) is 81.3 Å². The van der Waals surface area contributed by atoms with Crippen molar-refractivity contribution in [2.24, 2.45) is 16.5 Å². The summed E-state index contributed by atoms with van der Waals surface area (Å²) in [6.45, 7) is 0.758. The molecule has 204 valence electrons. The number of aryl methyl sites for hydroxylation is 1. The lowest BCUT2D eigenvalue weighted by Crippen LogP contribution is -2.60. The van der Waals surface area contributed by atoms with E-state index in [0.717, 1.165) is 5.56 Å². The maximum atomic E-state index is 13.4. The lowest BCUT2D eigenvalue weighted by atomic mass is 10.0. The Morgan fingerprint density at radius 1 is 1.24 bits per heavy atom. The molecule has 0 aliphatic carbocycles. The van der Waals surface area contributed by atoms with Gasteiger partial charge in [-0.3, -0.25) is 19.4 Å². The molecule has 4 rings (SSSR count). The topological polar surface area (TPSA) is 167 Å². The molecule has 3 heterocycles. The molecule has 1 aromatic carbocycles. The first kappa shape index (κ1) is 27.5. The van der Waals surface area contributed by atoms with Crippen molar-refractivity contribution < 1.29 is 19.5 Å². The van der Waals surface area contributed by atoms with E-state index >= 15 is 0 Å². The molecule has 12 heteroatoms. The summed E-state index contributed by atoms with van der Waals surface area (Å²) in [5, 5.41) is 16.1. The zero-order valence-electron chi connectivity index (χ0n) is 21.2. The first-order valence-electron chi connectivity index (χ1n) is 12.9. The number of aromatic nitrogens is 1. The number of amides is 3. The van der Waals surface area contributed by atoms with E-state index < -0.39 is 18.2 Å². The van der Waals surface area contributed by atoms with Gasteiger partial charge in [-0.05, 0) is 37.7 Å². The van der Waals surface area contributed by atoms with E-state index in [2.05, 4.69) is 15.3 Å². The van der Waals surface area contributed by atoms with Gasteiger partial charge in [0.25, 0.3) is 0 Å². The van der Waals surface area contributed by atoms with E-state index in [1.165, 1.54) is 11.3 Å². The Bertz CT molecular complexity index is 1120. The van der Waals surface area contributed by atoms with Gasteiger partial charge in [-0.25, -0.2) is 4.98 Å². The maximum Gasteiger partial charge on any atom is 0.243 e. The summed E-state index contributed by atoms with van der Waals surface area (Å²) in [6.07, 6.45) is 3.67. The van der Waals surface area contributed by atoms with E-state index in [4.69, 9.17) is 11.5 Å². The zero-order chi connectivity index (χ0) is 27.1. The lowest BCUT2D eigenvalue weighted by Gasteiger charge is -2.39. The van der Waals surface area contributed by atoms with Crippen LogP contribution in [0, 0.1) is 0 Å². The van der Waals surface area contributed by atoms with Crippen LogP contribution < -0.4 is 16.8 Å². The van der Waals surface area contributed by atoms with Gasteiger partial charge >= 0.3 is 0 Å². The van der Waals surface area contributed by atoms with Crippen molar-refractivity contribution in [1.29, 1.82) is 0 Å². The van der Waals surface area contributed by atoms with Gasteiger partial charge in [-0.15, -0.1) is 11.3 Å². The second-order valence-corrected chi connectivity index (χ2v) is 10.6. The zero-order valence-corrected chi connectivity index (χ0v) is 22.1. The largest absolute Gasteiger partial charge is 0.384 e. The normalized spacial score (nSPS) is 20.5. The summed E-state index contributed by atoms with van der Waals surface area (Å²) in [5.41, 5.74) is 11.9. The Kier molecular flexibility index (Phi) is 9.29. The standard InChI is InChI=1S/C26H35N7O4S/c27-26(28)30-12-4-7-19(23(36)25-29-13-14-38-25)31-24(37)20-10-9-18-15-32(16-22(35)33(18)20)21(34)11-8-17-5-2-1-3-6-17/h1-3,5-6,13-14,18-20,23,36H,4,7-12,15-16H2,(H,31,37)(H4,27,28,30)/t18-,19?,20?,23?/m0/s1. The highest BCUT2D eigenvalue weighted by Crippen LogP contribution is 2.30. The minimum atomic E-state index is -0.995. The molecule has 0 spiro atoms. The van der Waals surface area contributed by atoms with Gasteiger partial charge in [0.1, 0.15) is 17.2 Å². The van der Waals surface area contributed by atoms with Crippen LogP contribution in [0.2, 0.25) is 0 Å². The van der Waals surface area contributed by atoms with Gasteiger partial charge in [-0.1, -0.05) is 30.3 Å². The molecular weight excluding hydrogens is 506 g/mol. The Labute approximate surface area is 225 Å². The third kappa shape index (κ3) is 6.87. The predicted molar refractivity (Wildman–Crippen MR) is 144 cm³/mol. The van der Waals surface area contributed by atoms with Crippen LogP contribution in [-0.2, 0) is 20.8 Å². The third-order valence-electron chi connectivity index (χ3n) is 7.05. The molecule has 0 radical (unpaired) electrons. The fourth-order valence-electron chi connectivity index (χ4n) is 5.16. The lowest BCUT2D eigenvalue weighted by molar-refractivity contribution is -0.151. The number of aliphatic imine (C=N–C) groups is 1. The van der Waals surface area contributed by atoms with Crippen LogP contribution in [0.15, 0.2) is 46.9 Å². The van der Waals surface area contributed by atoms with Crippen molar-refractivity contribution in [3.63, 3.8) is 0 Å². The number of carbonyl (C=O) groups is 3. The van der Waals surface area contributed by atoms with Crippen molar-refractivity contribution in [3.05, 3.63) is 52.5 Å². The van der Waals surface area contributed by atoms with E-state index in [-0.39, 0.29) is 36.3 Å². The quantitative estimate of drug-likeness (QED) is 0.183. The van der Waals surface area contributed by atoms with Crippen LogP contribution in [0.4, 0.5) is 0 Å². The van der Waals surface area contributed by atoms with E-state index in [1.54, 1.807) is 21.4 Å². The molecule has 2 saturated heterocycles. The molecule has 2 aromatic rings. The Morgan fingerprint density at radius 3 is 2.74 bits per heavy atom. The van der Waals surface area contributed by atoms with Gasteiger partial charge in [0.2, 0.25) is 17.7 Å². The first-order valence-corrected chi connectivity index (χ1v) is 13.8. The molecule has 38 heavy (non-hydrogen) atoms. The monoisotopic (exact) mass is 541 g/mol. The van der Waals surface area contributed by atoms with Crippen LogP contribution >= 0.6 is 11.3 Å². The van der Waals surface area contributed by atoms with Crippen molar-refractivity contribution in [2.45, 2.75) is 62.8 Å². The summed E-state index contributed by atoms with van der Waals surface area (Å²) >= 11 is 1.30. The summed E-state index contributed by atoms with van der Waals surface area (Å²) < 4.78 is 0. The van der Waals surface area contributed by atoms with Crippen molar-refractivity contribution in [3.8, 4) is 0 Å². The van der Waals surface area contributed by atoms with E-state index in [0.29, 0.717) is 56.6 Å². The fraction of sp³-hybridized carbons (Fsp3) is 0.500. The van der Waals surface area contributed by atoms with Gasteiger partial charge in [0.05, 0.1) is 18.6 Å². The summed E-state index contributed by atoms with van der Waals surface area (Å²) in [7, 11) is 0. The number of nitrogens with zero attached hydrogens (tertiary/aromatic N) is 4. The van der Waals surface area contributed by atoms with Crippen molar-refractivity contribution in [2.75, 3.05) is 19.6 Å². The molecule has 3 amide bonds. The summed E-state index contributed by atoms with van der Waals surface area (Å²) in [6, 6.07) is 8.33. The molecule has 0 bridgehead atoms. The second kappa shape index (κ2) is 12.8. The number of aliphatic hydroxyl groups excluding tert-OH is 1.